The number of fused-ring (bicyclic) bond motifs is 3. The molecule has 1 atom stereocenters. The summed E-state index contributed by atoms with van der Waals surface area (Å²) in [5, 5.41) is 12.7. The van der Waals surface area contributed by atoms with E-state index < -0.39 is 18.1 Å². The van der Waals surface area contributed by atoms with E-state index in [9.17, 15) is 14.7 Å². The number of rotatable bonds is 8. The van der Waals surface area contributed by atoms with Gasteiger partial charge < -0.3 is 24.8 Å². The summed E-state index contributed by atoms with van der Waals surface area (Å²) < 4.78 is 11.1. The lowest BCUT2D eigenvalue weighted by atomic mass is 9.98. The summed E-state index contributed by atoms with van der Waals surface area (Å²) in [4.78, 5) is 26.9. The Kier molecular flexibility index (Phi) is 7.24. The largest absolute Gasteiger partial charge is 0.495 e. The number of anilines is 1. The van der Waals surface area contributed by atoms with Gasteiger partial charge in [0.15, 0.2) is 0 Å². The van der Waals surface area contributed by atoms with Crippen LogP contribution in [0.1, 0.15) is 35.4 Å². The van der Waals surface area contributed by atoms with Crippen LogP contribution in [0.5, 0.6) is 5.75 Å². The van der Waals surface area contributed by atoms with Gasteiger partial charge in [0, 0.05) is 30.5 Å². The van der Waals surface area contributed by atoms with E-state index in [2.05, 4.69) is 22.3 Å². The van der Waals surface area contributed by atoms with Gasteiger partial charge in [-0.1, -0.05) is 60.1 Å². The summed E-state index contributed by atoms with van der Waals surface area (Å²) >= 11 is 6.55. The average molecular weight is 521 g/mol. The van der Waals surface area contributed by atoms with E-state index in [1.807, 2.05) is 42.5 Å². The zero-order valence-electron chi connectivity index (χ0n) is 20.6. The van der Waals surface area contributed by atoms with Gasteiger partial charge in [-0.05, 0) is 52.8 Å². The summed E-state index contributed by atoms with van der Waals surface area (Å²) in [5.41, 5.74) is 5.89. The van der Waals surface area contributed by atoms with Gasteiger partial charge >= 0.3 is 12.1 Å². The fourth-order valence-corrected chi connectivity index (χ4v) is 5.55. The van der Waals surface area contributed by atoms with Gasteiger partial charge in [-0.2, -0.15) is 0 Å². The highest BCUT2D eigenvalue weighted by Gasteiger charge is 2.30. The van der Waals surface area contributed by atoms with E-state index in [1.165, 1.54) is 0 Å². The normalized spacial score (nSPS) is 15.1. The molecule has 0 radical (unpaired) electrons. The molecular weight excluding hydrogens is 492 g/mol. The molecule has 37 heavy (non-hydrogen) atoms. The average Bonchev–Trinajstić information content (AvgIpc) is 3.55. The molecule has 0 saturated carbocycles. The number of alkyl carbamates (subject to hydrolysis) is 1. The van der Waals surface area contributed by atoms with Gasteiger partial charge in [0.25, 0.3) is 0 Å². The Morgan fingerprint density at radius 3 is 2.27 bits per heavy atom. The fraction of sp³-hybridized carbons (Fsp3) is 0.310. The third kappa shape index (κ3) is 5.09. The molecule has 2 aliphatic rings. The van der Waals surface area contributed by atoms with Crippen LogP contribution in [-0.2, 0) is 16.0 Å². The number of carbonyl (C=O) groups is 2. The lowest BCUT2D eigenvalue weighted by Gasteiger charge is -2.23. The highest BCUT2D eigenvalue weighted by atomic mass is 35.5. The number of aliphatic carboxylic acids is 1. The first kappa shape index (κ1) is 25.0. The molecule has 0 bridgehead atoms. The number of amides is 1. The Morgan fingerprint density at radius 1 is 1.05 bits per heavy atom. The molecule has 1 heterocycles. The van der Waals surface area contributed by atoms with Gasteiger partial charge in [0.05, 0.1) is 12.8 Å². The summed E-state index contributed by atoms with van der Waals surface area (Å²) in [7, 11) is 1.58. The molecule has 0 spiro atoms. The molecule has 0 aromatic heterocycles. The number of benzene rings is 3. The standard InChI is InChI=1S/C29H29ClN2O5/c1-36-27-15-18(24(30)16-26(27)32-12-6-7-13-32)14-25(28(33)34)31-29(35)37-17-23-21-10-4-2-8-19(21)20-9-3-5-11-22(20)23/h2-5,8-11,15-16,23,25H,6-7,12-14,17H2,1H3,(H,31,35)(H,33,34). The number of halogens is 1. The van der Waals surface area contributed by atoms with Gasteiger partial charge in [0.1, 0.15) is 18.4 Å². The van der Waals surface area contributed by atoms with Crippen molar-refractivity contribution in [2.24, 2.45) is 0 Å². The van der Waals surface area contributed by atoms with Crippen LogP contribution in [0.4, 0.5) is 10.5 Å². The molecule has 8 heteroatoms. The smallest absolute Gasteiger partial charge is 0.407 e. The molecule has 5 rings (SSSR count). The molecule has 3 aromatic rings. The number of nitrogens with zero attached hydrogens (tertiary/aromatic N) is 1. The zero-order valence-corrected chi connectivity index (χ0v) is 21.3. The Morgan fingerprint density at radius 2 is 1.68 bits per heavy atom. The molecule has 1 amide bonds. The second-order valence-corrected chi connectivity index (χ2v) is 9.78. The molecule has 7 nitrogen and oxygen atoms in total. The van der Waals surface area contributed by atoms with E-state index in [4.69, 9.17) is 21.1 Å². The molecule has 1 fully saturated rings. The molecule has 192 valence electrons. The van der Waals surface area contributed by atoms with Gasteiger partial charge in [-0.3, -0.25) is 0 Å². The number of hydrogen-bond donors (Lipinski definition) is 2. The number of carbonyl (C=O) groups excluding carboxylic acids is 1. The first-order valence-corrected chi connectivity index (χ1v) is 12.8. The topological polar surface area (TPSA) is 88.1 Å². The maximum absolute atomic E-state index is 12.7. The minimum atomic E-state index is -1.21. The molecule has 3 aromatic carbocycles. The Balaban J connectivity index is 1.27. The molecule has 1 unspecified atom stereocenters. The van der Waals surface area contributed by atoms with Gasteiger partial charge in [-0.15, -0.1) is 0 Å². The Bertz CT molecular complexity index is 1280. The molecule has 1 saturated heterocycles. The third-order valence-electron chi connectivity index (χ3n) is 7.15. The fourth-order valence-electron chi connectivity index (χ4n) is 5.31. The van der Waals surface area contributed by atoms with Crippen LogP contribution >= 0.6 is 11.6 Å². The van der Waals surface area contributed by atoms with E-state index >= 15 is 0 Å². The Labute approximate surface area is 221 Å². The van der Waals surface area contributed by atoms with Crippen LogP contribution < -0.4 is 15.0 Å². The minimum absolute atomic E-state index is 0.00496. The highest BCUT2D eigenvalue weighted by Crippen LogP contribution is 2.44. The zero-order chi connectivity index (χ0) is 25.9. The van der Waals surface area contributed by atoms with Crippen molar-refractivity contribution in [3.63, 3.8) is 0 Å². The van der Waals surface area contributed by atoms with Crippen molar-refractivity contribution in [1.29, 1.82) is 0 Å². The summed E-state index contributed by atoms with van der Waals surface area (Å²) in [6.45, 7) is 1.95. The van der Waals surface area contributed by atoms with Crippen LogP contribution in [0.2, 0.25) is 5.02 Å². The van der Waals surface area contributed by atoms with Gasteiger partial charge in [0.2, 0.25) is 0 Å². The van der Waals surface area contributed by atoms with Gasteiger partial charge in [-0.25, -0.2) is 9.59 Å². The lowest BCUT2D eigenvalue weighted by Crippen LogP contribution is -2.43. The second kappa shape index (κ2) is 10.7. The number of nitrogens with one attached hydrogen (secondary N) is 1. The van der Waals surface area contributed by atoms with Crippen molar-refractivity contribution in [2.45, 2.75) is 31.2 Å². The van der Waals surface area contributed by atoms with E-state index in [0.717, 1.165) is 53.9 Å². The molecule has 1 aliphatic heterocycles. The van der Waals surface area contributed by atoms with Crippen LogP contribution in [0.3, 0.4) is 0 Å². The minimum Gasteiger partial charge on any atom is -0.495 e. The van der Waals surface area contributed by atoms with Crippen molar-refractivity contribution in [2.75, 3.05) is 31.7 Å². The first-order chi connectivity index (χ1) is 18.0. The molecular formula is C29H29ClN2O5. The van der Waals surface area contributed by atoms with Crippen LogP contribution in [-0.4, -0.2) is 50.0 Å². The highest BCUT2D eigenvalue weighted by molar-refractivity contribution is 6.31. The monoisotopic (exact) mass is 520 g/mol. The maximum atomic E-state index is 12.7. The molecule has 1 aliphatic carbocycles. The predicted molar refractivity (Wildman–Crippen MR) is 143 cm³/mol. The maximum Gasteiger partial charge on any atom is 0.407 e. The van der Waals surface area contributed by atoms with Crippen molar-refractivity contribution >= 4 is 29.4 Å². The predicted octanol–water partition coefficient (Wildman–Crippen LogP) is 5.48. The van der Waals surface area contributed by atoms with Crippen LogP contribution in [0.15, 0.2) is 60.7 Å². The SMILES string of the molecule is COc1cc(CC(NC(=O)OCC2c3ccccc3-c3ccccc32)C(=O)O)c(Cl)cc1N1CCCC1. The quantitative estimate of drug-likeness (QED) is 0.409. The lowest BCUT2D eigenvalue weighted by molar-refractivity contribution is -0.139. The number of ether oxygens (including phenoxy) is 2. The van der Waals surface area contributed by atoms with Crippen molar-refractivity contribution < 1.29 is 24.2 Å². The Hall–Kier alpha value is -3.71. The van der Waals surface area contributed by atoms with E-state index in [-0.39, 0.29) is 18.9 Å². The van der Waals surface area contributed by atoms with E-state index in [0.29, 0.717) is 16.3 Å². The summed E-state index contributed by atoms with van der Waals surface area (Å²) in [5.74, 6) is -0.656. The van der Waals surface area contributed by atoms with Crippen LogP contribution in [0, 0.1) is 0 Å². The van der Waals surface area contributed by atoms with Crippen LogP contribution in [0.25, 0.3) is 11.1 Å². The number of hydrogen-bond acceptors (Lipinski definition) is 5. The molecule has 2 N–H and O–H groups in total. The van der Waals surface area contributed by atoms with Crippen molar-refractivity contribution in [1.82, 2.24) is 5.32 Å². The number of methoxy groups -OCH3 is 1. The van der Waals surface area contributed by atoms with E-state index in [1.54, 1.807) is 13.2 Å². The summed E-state index contributed by atoms with van der Waals surface area (Å²) in [6.07, 6.45) is 1.42. The van der Waals surface area contributed by atoms with Crippen molar-refractivity contribution in [3.05, 3.63) is 82.4 Å². The summed E-state index contributed by atoms with van der Waals surface area (Å²) in [6, 6.07) is 18.4. The number of carboxylic acid groups (broad SMARTS) is 1. The second-order valence-electron chi connectivity index (χ2n) is 9.37. The third-order valence-corrected chi connectivity index (χ3v) is 7.50. The first-order valence-electron chi connectivity index (χ1n) is 12.4. The van der Waals surface area contributed by atoms with Crippen molar-refractivity contribution in [3.8, 4) is 16.9 Å². The number of carboxylic acids is 1.